The lowest BCUT2D eigenvalue weighted by Gasteiger charge is -2.12. The number of fused-ring (bicyclic) bond motifs is 1. The van der Waals surface area contributed by atoms with E-state index in [1.165, 1.54) is 18.3 Å². The van der Waals surface area contributed by atoms with E-state index in [4.69, 9.17) is 36.8 Å². The third-order valence-electron chi connectivity index (χ3n) is 2.74. The highest BCUT2D eigenvalue weighted by Crippen LogP contribution is 2.30. The molecular formula is C16H12ClNO9. The first-order valence-corrected chi connectivity index (χ1v) is 7.30. The van der Waals surface area contributed by atoms with Crippen molar-refractivity contribution in [3.05, 3.63) is 47.6 Å². The summed E-state index contributed by atoms with van der Waals surface area (Å²) in [5.41, 5.74) is 0.308. The first-order valence-electron chi connectivity index (χ1n) is 6.93. The quantitative estimate of drug-likeness (QED) is 0.413. The molecule has 10 nitrogen and oxygen atoms in total. The van der Waals surface area contributed by atoms with E-state index in [0.717, 1.165) is 0 Å². The van der Waals surface area contributed by atoms with Crippen LogP contribution in [0.1, 0.15) is 0 Å². The first kappa shape index (κ1) is 21.4. The van der Waals surface area contributed by atoms with Crippen molar-refractivity contribution in [2.45, 2.75) is 6.10 Å². The highest BCUT2D eigenvalue weighted by atomic mass is 35.5. The number of carboxylic acid groups (broad SMARTS) is 4. The van der Waals surface area contributed by atoms with Gasteiger partial charge in [-0.25, -0.2) is 19.2 Å². The van der Waals surface area contributed by atoms with E-state index < -0.39 is 30.0 Å². The van der Waals surface area contributed by atoms with Crippen LogP contribution in [0.15, 0.2) is 42.6 Å². The summed E-state index contributed by atoms with van der Waals surface area (Å²) in [6.07, 6.45) is 0.596. The molecule has 11 heteroatoms. The molecule has 0 amide bonds. The average Bonchev–Trinajstić information content (AvgIpc) is 2.59. The van der Waals surface area contributed by atoms with Crippen molar-refractivity contribution in [1.82, 2.24) is 4.98 Å². The second-order valence-corrected chi connectivity index (χ2v) is 5.04. The molecule has 142 valence electrons. The van der Waals surface area contributed by atoms with Gasteiger partial charge in [0.05, 0.1) is 5.02 Å². The fraction of sp³-hybridized carbons (Fsp3) is 0.0625. The van der Waals surface area contributed by atoms with Gasteiger partial charge < -0.3 is 25.2 Å². The van der Waals surface area contributed by atoms with Crippen LogP contribution < -0.4 is 4.74 Å². The Morgan fingerprint density at radius 1 is 0.963 bits per heavy atom. The molecule has 0 radical (unpaired) electrons. The van der Waals surface area contributed by atoms with E-state index in [1.807, 2.05) is 0 Å². The van der Waals surface area contributed by atoms with Crippen molar-refractivity contribution in [3.8, 4) is 5.75 Å². The van der Waals surface area contributed by atoms with Crippen LogP contribution in [-0.4, -0.2) is 55.4 Å². The zero-order valence-electron chi connectivity index (χ0n) is 13.3. The predicted molar refractivity (Wildman–Crippen MR) is 90.9 cm³/mol. The number of carbonyl (C=O) groups is 4. The lowest BCUT2D eigenvalue weighted by molar-refractivity contribution is -0.159. The summed E-state index contributed by atoms with van der Waals surface area (Å²) in [6.45, 7) is 0. The third kappa shape index (κ3) is 6.63. The number of nitrogens with zero attached hydrogens (tertiary/aromatic N) is 1. The molecule has 1 aromatic heterocycles. The summed E-state index contributed by atoms with van der Waals surface area (Å²) in [6, 6.07) is 6.20. The summed E-state index contributed by atoms with van der Waals surface area (Å²) in [7, 11) is 0. The number of rotatable bonds is 6. The lowest BCUT2D eigenvalue weighted by atomic mass is 10.2. The Balaban J connectivity index is 0.000000387. The van der Waals surface area contributed by atoms with E-state index >= 15 is 0 Å². The number of benzene rings is 1. The molecule has 0 atom stereocenters. The van der Waals surface area contributed by atoms with Crippen LogP contribution in [0.2, 0.25) is 5.02 Å². The Hall–Kier alpha value is -3.66. The van der Waals surface area contributed by atoms with Gasteiger partial charge in [0.25, 0.3) is 6.10 Å². The van der Waals surface area contributed by atoms with Crippen molar-refractivity contribution in [2.75, 3.05) is 0 Å². The topological polar surface area (TPSA) is 171 Å². The molecule has 0 bridgehead atoms. The van der Waals surface area contributed by atoms with Gasteiger partial charge in [-0.1, -0.05) is 11.6 Å². The fourth-order valence-electron chi connectivity index (χ4n) is 1.68. The van der Waals surface area contributed by atoms with Crippen LogP contribution in [0.4, 0.5) is 0 Å². The number of hydrogen-bond acceptors (Lipinski definition) is 6. The Labute approximate surface area is 155 Å². The maximum absolute atomic E-state index is 10.8. The van der Waals surface area contributed by atoms with Gasteiger partial charge in [-0.15, -0.1) is 0 Å². The minimum atomic E-state index is -1.99. The standard InChI is InChI=1S/C12H8ClNO5.C4H4O4/c13-7-3-4-8(9-6(7)2-1-5-14-9)19-10(11(15)16)12(17)18;5-3(6)1-2-4(7)8/h1-5,10H,(H,15,16)(H,17,18);1-2H,(H,5,6)(H,7,8)/b;2-1-. The molecular weight excluding hydrogens is 386 g/mol. The van der Waals surface area contributed by atoms with Gasteiger partial charge in [0, 0.05) is 23.7 Å². The van der Waals surface area contributed by atoms with Crippen molar-refractivity contribution in [1.29, 1.82) is 0 Å². The molecule has 0 aliphatic carbocycles. The van der Waals surface area contributed by atoms with Crippen LogP contribution in [0.5, 0.6) is 5.75 Å². The molecule has 1 heterocycles. The minimum absolute atomic E-state index is 0.0507. The van der Waals surface area contributed by atoms with Crippen LogP contribution in [0.25, 0.3) is 10.9 Å². The Morgan fingerprint density at radius 3 is 2.00 bits per heavy atom. The number of aliphatic carboxylic acids is 4. The van der Waals surface area contributed by atoms with E-state index in [1.54, 1.807) is 12.1 Å². The summed E-state index contributed by atoms with van der Waals surface area (Å²) in [5.74, 6) is -5.65. The van der Waals surface area contributed by atoms with Gasteiger partial charge in [0.2, 0.25) is 0 Å². The molecule has 27 heavy (non-hydrogen) atoms. The van der Waals surface area contributed by atoms with E-state index in [2.05, 4.69) is 4.98 Å². The lowest BCUT2D eigenvalue weighted by Crippen LogP contribution is -2.35. The highest BCUT2D eigenvalue weighted by molar-refractivity contribution is 6.35. The van der Waals surface area contributed by atoms with Crippen molar-refractivity contribution in [3.63, 3.8) is 0 Å². The van der Waals surface area contributed by atoms with E-state index in [9.17, 15) is 19.2 Å². The molecule has 0 spiro atoms. The van der Waals surface area contributed by atoms with Crippen molar-refractivity contribution >= 4 is 46.4 Å². The number of ether oxygens (including phenoxy) is 1. The number of pyridine rings is 1. The maximum Gasteiger partial charge on any atom is 0.356 e. The van der Waals surface area contributed by atoms with Crippen molar-refractivity contribution < 1.29 is 44.3 Å². The monoisotopic (exact) mass is 397 g/mol. The first-order chi connectivity index (χ1) is 12.6. The summed E-state index contributed by atoms with van der Waals surface area (Å²) >= 11 is 5.96. The molecule has 0 saturated heterocycles. The number of aromatic nitrogens is 1. The normalized spacial score (nSPS) is 10.3. The zero-order valence-corrected chi connectivity index (χ0v) is 14.0. The largest absolute Gasteiger partial charge is 0.478 e. The smallest absolute Gasteiger partial charge is 0.356 e. The molecule has 4 N–H and O–H groups in total. The number of halogens is 1. The molecule has 0 unspecified atom stereocenters. The van der Waals surface area contributed by atoms with Crippen LogP contribution in [0.3, 0.4) is 0 Å². The summed E-state index contributed by atoms with van der Waals surface area (Å²) in [5, 5.41) is 34.1. The van der Waals surface area contributed by atoms with Gasteiger partial charge in [-0.3, -0.25) is 4.98 Å². The molecule has 0 aliphatic rings. The highest BCUT2D eigenvalue weighted by Gasteiger charge is 2.28. The third-order valence-corrected chi connectivity index (χ3v) is 3.07. The van der Waals surface area contributed by atoms with E-state index in [-0.39, 0.29) is 5.75 Å². The second kappa shape index (κ2) is 9.73. The fourth-order valence-corrected chi connectivity index (χ4v) is 1.90. The molecule has 2 aromatic rings. The zero-order chi connectivity index (χ0) is 20.6. The number of carboxylic acids is 4. The van der Waals surface area contributed by atoms with E-state index in [0.29, 0.717) is 28.1 Å². The van der Waals surface area contributed by atoms with Gasteiger partial charge in [0.1, 0.15) is 11.3 Å². The molecule has 0 aliphatic heterocycles. The molecule has 1 aromatic carbocycles. The molecule has 2 rings (SSSR count). The summed E-state index contributed by atoms with van der Waals surface area (Å²) < 4.78 is 4.99. The minimum Gasteiger partial charge on any atom is -0.478 e. The Morgan fingerprint density at radius 2 is 1.52 bits per heavy atom. The Kier molecular flexibility index (Phi) is 7.70. The van der Waals surface area contributed by atoms with Gasteiger partial charge in [-0.2, -0.15) is 0 Å². The summed E-state index contributed by atoms with van der Waals surface area (Å²) in [4.78, 5) is 44.7. The maximum atomic E-state index is 10.8. The Bertz CT molecular complexity index is 880. The molecule has 0 fully saturated rings. The average molecular weight is 398 g/mol. The van der Waals surface area contributed by atoms with Crippen LogP contribution >= 0.6 is 11.6 Å². The van der Waals surface area contributed by atoms with Gasteiger partial charge in [-0.05, 0) is 24.3 Å². The number of hydrogen-bond donors (Lipinski definition) is 4. The van der Waals surface area contributed by atoms with Crippen molar-refractivity contribution in [2.24, 2.45) is 0 Å². The predicted octanol–water partition coefficient (Wildman–Crippen LogP) is 1.52. The second-order valence-electron chi connectivity index (χ2n) is 4.63. The SMILES string of the molecule is O=C(O)/C=C\C(=O)O.O=C(O)C(Oc1ccc(Cl)c2cccnc12)C(=O)O. The molecule has 0 saturated carbocycles. The van der Waals surface area contributed by atoms with Gasteiger partial charge in [0.15, 0.2) is 0 Å². The van der Waals surface area contributed by atoms with Gasteiger partial charge >= 0.3 is 23.9 Å². The van der Waals surface area contributed by atoms with Crippen LogP contribution in [0, 0.1) is 0 Å². The van der Waals surface area contributed by atoms with Crippen LogP contribution in [-0.2, 0) is 19.2 Å².